The summed E-state index contributed by atoms with van der Waals surface area (Å²) in [6.07, 6.45) is 1.95. The molecule has 0 aliphatic carbocycles. The van der Waals surface area contributed by atoms with E-state index in [-0.39, 0.29) is 0 Å². The Labute approximate surface area is 180 Å². The third-order valence-electron chi connectivity index (χ3n) is 5.35. The van der Waals surface area contributed by atoms with Gasteiger partial charge < -0.3 is 9.47 Å². The van der Waals surface area contributed by atoms with Gasteiger partial charge in [0.25, 0.3) is 0 Å². The first-order valence-corrected chi connectivity index (χ1v) is 10.7. The topological polar surface area (TPSA) is 34.0 Å². The van der Waals surface area contributed by atoms with Crippen LogP contribution in [0, 0.1) is 0 Å². The molecule has 4 nitrogen and oxygen atoms in total. The summed E-state index contributed by atoms with van der Waals surface area (Å²) in [6, 6.07) is 25.3. The molecule has 30 heavy (non-hydrogen) atoms. The Morgan fingerprint density at radius 2 is 1.47 bits per heavy atom. The maximum atomic E-state index is 4.76. The summed E-state index contributed by atoms with van der Waals surface area (Å²) in [4.78, 5) is 11.6. The van der Waals surface area contributed by atoms with E-state index in [1.807, 2.05) is 12.3 Å². The van der Waals surface area contributed by atoms with Gasteiger partial charge in [0.1, 0.15) is 10.8 Å². The Bertz CT molecular complexity index is 1280. The zero-order valence-electron chi connectivity index (χ0n) is 17.2. The van der Waals surface area contributed by atoms with Gasteiger partial charge in [-0.3, -0.25) is 0 Å². The van der Waals surface area contributed by atoms with E-state index < -0.39 is 0 Å². The first-order chi connectivity index (χ1) is 14.6. The Kier molecular flexibility index (Phi) is 4.60. The van der Waals surface area contributed by atoms with Gasteiger partial charge in [-0.1, -0.05) is 48.5 Å². The van der Waals surface area contributed by atoms with Crippen LogP contribution in [0.3, 0.4) is 0 Å². The van der Waals surface area contributed by atoms with E-state index in [4.69, 9.17) is 9.97 Å². The van der Waals surface area contributed by atoms with Crippen molar-refractivity contribution in [2.45, 2.75) is 0 Å². The van der Waals surface area contributed by atoms with Crippen LogP contribution in [-0.4, -0.2) is 28.6 Å². The Hall–Kier alpha value is -3.44. The lowest BCUT2D eigenvalue weighted by Crippen LogP contribution is -2.08. The third kappa shape index (κ3) is 3.27. The lowest BCUT2D eigenvalue weighted by Gasteiger charge is -2.13. The minimum absolute atomic E-state index is 0.956. The molecule has 0 saturated carbocycles. The molecule has 0 fully saturated rings. The van der Waals surface area contributed by atoms with Crippen molar-refractivity contribution in [3.63, 3.8) is 0 Å². The van der Waals surface area contributed by atoms with Gasteiger partial charge in [-0.05, 0) is 29.8 Å². The molecule has 0 aliphatic heterocycles. The van der Waals surface area contributed by atoms with Crippen LogP contribution < -0.4 is 4.90 Å². The summed E-state index contributed by atoms with van der Waals surface area (Å²) < 4.78 is 3.36. The zero-order valence-corrected chi connectivity index (χ0v) is 18.0. The van der Waals surface area contributed by atoms with E-state index in [0.717, 1.165) is 38.7 Å². The van der Waals surface area contributed by atoms with E-state index in [1.165, 1.54) is 10.4 Å². The van der Waals surface area contributed by atoms with Crippen LogP contribution in [0.2, 0.25) is 0 Å². The quantitative estimate of drug-likeness (QED) is 0.359. The molecule has 148 valence electrons. The number of rotatable bonds is 4. The standard InChI is InChI=1S/C25H22N4S/c1-28(2)20-14-12-17(13-15-20)22-16-26-24(29(22)3)18-8-10-19(11-9-18)25-27-21-6-4-5-7-23(21)30-25/h4-16H,1-3H3. The summed E-state index contributed by atoms with van der Waals surface area (Å²) in [6.45, 7) is 0. The number of hydrogen-bond acceptors (Lipinski definition) is 4. The molecule has 0 N–H and O–H groups in total. The SMILES string of the molecule is CN(C)c1ccc(-c2cnc(-c3ccc(-c4nc5ccccc5s4)cc3)n2C)cc1. The molecular weight excluding hydrogens is 388 g/mol. The molecule has 0 amide bonds. The van der Waals surface area contributed by atoms with E-state index in [0.29, 0.717) is 0 Å². The molecule has 0 saturated heterocycles. The molecular formula is C25H22N4S. The van der Waals surface area contributed by atoms with Gasteiger partial charge >= 0.3 is 0 Å². The van der Waals surface area contributed by atoms with Crippen LogP contribution in [0.25, 0.3) is 43.4 Å². The number of hydrogen-bond donors (Lipinski definition) is 0. The highest BCUT2D eigenvalue weighted by molar-refractivity contribution is 7.21. The molecule has 0 radical (unpaired) electrons. The molecule has 0 atom stereocenters. The average molecular weight is 411 g/mol. The second kappa shape index (κ2) is 7.43. The van der Waals surface area contributed by atoms with Crippen molar-refractivity contribution in [3.8, 4) is 33.2 Å². The number of fused-ring (bicyclic) bond motifs is 1. The van der Waals surface area contributed by atoms with Crippen LogP contribution in [0.4, 0.5) is 5.69 Å². The molecule has 2 aromatic heterocycles. The van der Waals surface area contributed by atoms with Crippen molar-refractivity contribution >= 4 is 27.2 Å². The van der Waals surface area contributed by atoms with E-state index in [2.05, 4.69) is 97.3 Å². The predicted molar refractivity (Wildman–Crippen MR) is 127 cm³/mol. The molecule has 5 heteroatoms. The monoisotopic (exact) mass is 410 g/mol. The predicted octanol–water partition coefficient (Wildman–Crippen LogP) is 6.10. The number of para-hydroxylation sites is 1. The highest BCUT2D eigenvalue weighted by Crippen LogP contribution is 2.32. The fourth-order valence-electron chi connectivity index (χ4n) is 3.63. The lowest BCUT2D eigenvalue weighted by atomic mass is 10.1. The van der Waals surface area contributed by atoms with Gasteiger partial charge in [0.15, 0.2) is 0 Å². The average Bonchev–Trinajstić information content (AvgIpc) is 3.37. The van der Waals surface area contributed by atoms with Crippen molar-refractivity contribution in [1.82, 2.24) is 14.5 Å². The number of nitrogens with zero attached hydrogens (tertiary/aromatic N) is 4. The van der Waals surface area contributed by atoms with Gasteiger partial charge in [0.2, 0.25) is 0 Å². The second-order valence-corrected chi connectivity index (χ2v) is 8.56. The van der Waals surface area contributed by atoms with Gasteiger partial charge in [-0.15, -0.1) is 11.3 Å². The third-order valence-corrected chi connectivity index (χ3v) is 6.44. The summed E-state index contributed by atoms with van der Waals surface area (Å²) in [5.41, 5.74) is 6.73. The largest absolute Gasteiger partial charge is 0.378 e. The normalized spacial score (nSPS) is 11.2. The molecule has 5 aromatic rings. The second-order valence-electron chi connectivity index (χ2n) is 7.53. The van der Waals surface area contributed by atoms with Gasteiger partial charge in [0.05, 0.1) is 22.1 Å². The highest BCUT2D eigenvalue weighted by Gasteiger charge is 2.12. The highest BCUT2D eigenvalue weighted by atomic mass is 32.1. The summed E-state index contributed by atoms with van der Waals surface area (Å²) in [5, 5.41) is 1.05. The summed E-state index contributed by atoms with van der Waals surface area (Å²) in [5.74, 6) is 0.956. The molecule has 2 heterocycles. The molecule has 0 spiro atoms. The minimum atomic E-state index is 0.956. The minimum Gasteiger partial charge on any atom is -0.378 e. The Balaban J connectivity index is 1.45. The maximum Gasteiger partial charge on any atom is 0.140 e. The van der Waals surface area contributed by atoms with Gasteiger partial charge in [0, 0.05) is 38.0 Å². The van der Waals surface area contributed by atoms with Crippen molar-refractivity contribution in [3.05, 3.63) is 79.0 Å². The van der Waals surface area contributed by atoms with Crippen LogP contribution in [0.1, 0.15) is 0 Å². The Morgan fingerprint density at radius 3 is 2.17 bits per heavy atom. The molecule has 0 aliphatic rings. The van der Waals surface area contributed by atoms with Crippen LogP contribution >= 0.6 is 11.3 Å². The first-order valence-electron chi connectivity index (χ1n) is 9.86. The fraction of sp³-hybridized carbons (Fsp3) is 0.120. The number of aromatic nitrogens is 3. The number of benzene rings is 3. The first kappa shape index (κ1) is 18.6. The van der Waals surface area contributed by atoms with Crippen LogP contribution in [-0.2, 0) is 7.05 Å². The lowest BCUT2D eigenvalue weighted by molar-refractivity contribution is 0.933. The van der Waals surface area contributed by atoms with Crippen molar-refractivity contribution < 1.29 is 0 Å². The smallest absolute Gasteiger partial charge is 0.140 e. The van der Waals surface area contributed by atoms with Gasteiger partial charge in [-0.2, -0.15) is 0 Å². The van der Waals surface area contributed by atoms with Crippen molar-refractivity contribution in [2.75, 3.05) is 19.0 Å². The van der Waals surface area contributed by atoms with E-state index in [9.17, 15) is 0 Å². The van der Waals surface area contributed by atoms with Crippen LogP contribution in [0.15, 0.2) is 79.0 Å². The van der Waals surface area contributed by atoms with Crippen molar-refractivity contribution in [1.29, 1.82) is 0 Å². The van der Waals surface area contributed by atoms with Gasteiger partial charge in [-0.25, -0.2) is 9.97 Å². The summed E-state index contributed by atoms with van der Waals surface area (Å²) in [7, 11) is 6.17. The molecule has 5 rings (SSSR count). The summed E-state index contributed by atoms with van der Waals surface area (Å²) >= 11 is 1.72. The number of anilines is 1. The Morgan fingerprint density at radius 1 is 0.800 bits per heavy atom. The fourth-order valence-corrected chi connectivity index (χ4v) is 4.60. The number of thiazole rings is 1. The zero-order chi connectivity index (χ0) is 20.7. The molecule has 3 aromatic carbocycles. The maximum absolute atomic E-state index is 4.76. The van der Waals surface area contributed by atoms with Crippen LogP contribution in [0.5, 0.6) is 0 Å². The molecule has 0 unspecified atom stereocenters. The van der Waals surface area contributed by atoms with E-state index in [1.54, 1.807) is 11.3 Å². The van der Waals surface area contributed by atoms with Crippen molar-refractivity contribution in [2.24, 2.45) is 7.05 Å². The number of imidazole rings is 1. The molecule has 0 bridgehead atoms. The van der Waals surface area contributed by atoms with E-state index >= 15 is 0 Å².